The molecule has 1 aliphatic carbocycles. The third-order valence-corrected chi connectivity index (χ3v) is 5.59. The van der Waals surface area contributed by atoms with Gasteiger partial charge in [-0.25, -0.2) is 13.1 Å². The van der Waals surface area contributed by atoms with Crippen molar-refractivity contribution in [3.05, 3.63) is 24.3 Å². The minimum absolute atomic E-state index is 0.211. The highest BCUT2D eigenvalue weighted by Crippen LogP contribution is 2.39. The first kappa shape index (κ1) is 15.7. The van der Waals surface area contributed by atoms with E-state index in [0.717, 1.165) is 25.7 Å². The third-order valence-electron chi connectivity index (χ3n) is 4.15. The van der Waals surface area contributed by atoms with Gasteiger partial charge in [0.05, 0.1) is 24.7 Å². The Morgan fingerprint density at radius 2 is 1.95 bits per heavy atom. The predicted molar refractivity (Wildman–Crippen MR) is 80.2 cm³/mol. The van der Waals surface area contributed by atoms with Crippen molar-refractivity contribution in [1.29, 1.82) is 0 Å². The number of nitrogens with one attached hydrogen (secondary N) is 1. The molecule has 1 atom stereocenters. The highest BCUT2D eigenvalue weighted by Gasteiger charge is 2.43. The Labute approximate surface area is 130 Å². The number of sulfonamides is 1. The third kappa shape index (κ3) is 3.27. The van der Waals surface area contributed by atoms with Crippen molar-refractivity contribution in [2.75, 3.05) is 20.3 Å². The van der Waals surface area contributed by atoms with Gasteiger partial charge in [0.2, 0.25) is 10.0 Å². The van der Waals surface area contributed by atoms with Crippen LogP contribution >= 0.6 is 0 Å². The molecule has 122 valence electrons. The molecule has 1 N–H and O–H groups in total. The Hall–Kier alpha value is -1.15. The molecule has 1 aromatic rings. The van der Waals surface area contributed by atoms with Crippen molar-refractivity contribution in [2.24, 2.45) is 0 Å². The average Bonchev–Trinajstić information content (AvgIpc) is 3.16. The maximum atomic E-state index is 12.3. The molecule has 2 fully saturated rings. The summed E-state index contributed by atoms with van der Waals surface area (Å²) in [6, 6.07) is 6.28. The van der Waals surface area contributed by atoms with Crippen LogP contribution in [0.1, 0.15) is 25.7 Å². The zero-order valence-corrected chi connectivity index (χ0v) is 13.4. The Kier molecular flexibility index (Phi) is 4.40. The van der Waals surface area contributed by atoms with Crippen LogP contribution in [0.25, 0.3) is 0 Å². The van der Waals surface area contributed by atoms with Crippen LogP contribution in [-0.4, -0.2) is 40.6 Å². The summed E-state index contributed by atoms with van der Waals surface area (Å²) < 4.78 is 43.8. The van der Waals surface area contributed by atoms with Crippen LogP contribution < -0.4 is 9.46 Å². The molecule has 1 aliphatic heterocycles. The van der Waals surface area contributed by atoms with E-state index < -0.39 is 15.8 Å². The highest BCUT2D eigenvalue weighted by atomic mass is 32.2. The summed E-state index contributed by atoms with van der Waals surface area (Å²) in [5, 5.41) is 0. The molecule has 6 nitrogen and oxygen atoms in total. The fourth-order valence-electron chi connectivity index (χ4n) is 2.93. The predicted octanol–water partition coefficient (Wildman–Crippen LogP) is 1.66. The number of hydrogen-bond donors (Lipinski definition) is 1. The molecule has 1 saturated heterocycles. The molecule has 1 heterocycles. The Balaban J connectivity index is 1.58. The van der Waals surface area contributed by atoms with Gasteiger partial charge in [-0.2, -0.15) is 0 Å². The number of hydrogen-bond acceptors (Lipinski definition) is 5. The van der Waals surface area contributed by atoms with Gasteiger partial charge in [0.1, 0.15) is 5.75 Å². The van der Waals surface area contributed by atoms with E-state index >= 15 is 0 Å². The normalized spacial score (nSPS) is 24.0. The molecule has 0 bridgehead atoms. The van der Waals surface area contributed by atoms with E-state index in [4.69, 9.17) is 14.2 Å². The summed E-state index contributed by atoms with van der Waals surface area (Å²) in [7, 11) is -2.01. The molecular weight excluding hydrogens is 306 g/mol. The fourth-order valence-corrected chi connectivity index (χ4v) is 4.00. The summed E-state index contributed by atoms with van der Waals surface area (Å²) in [6.07, 6.45) is 3.77. The van der Waals surface area contributed by atoms with Gasteiger partial charge in [-0.05, 0) is 37.1 Å². The molecule has 22 heavy (non-hydrogen) atoms. The lowest BCUT2D eigenvalue weighted by Crippen LogP contribution is -2.35. The quantitative estimate of drug-likeness (QED) is 0.890. The Morgan fingerprint density at radius 3 is 2.59 bits per heavy atom. The van der Waals surface area contributed by atoms with Crippen LogP contribution in [0.2, 0.25) is 0 Å². The van der Waals surface area contributed by atoms with Gasteiger partial charge in [-0.1, -0.05) is 0 Å². The lowest BCUT2D eigenvalue weighted by molar-refractivity contribution is -0.160. The number of benzene rings is 1. The summed E-state index contributed by atoms with van der Waals surface area (Å²) in [5.74, 6) is 0.158. The topological polar surface area (TPSA) is 73.9 Å². The second-order valence-corrected chi connectivity index (χ2v) is 7.46. The molecule has 1 saturated carbocycles. The molecule has 0 aromatic heterocycles. The lowest BCUT2D eigenvalue weighted by Gasteiger charge is -2.21. The van der Waals surface area contributed by atoms with E-state index in [1.807, 2.05) is 0 Å². The highest BCUT2D eigenvalue weighted by molar-refractivity contribution is 7.89. The van der Waals surface area contributed by atoms with Crippen molar-refractivity contribution in [3.8, 4) is 5.75 Å². The van der Waals surface area contributed by atoms with Crippen molar-refractivity contribution >= 4 is 10.0 Å². The van der Waals surface area contributed by atoms with Gasteiger partial charge in [0.25, 0.3) is 0 Å². The first-order valence-corrected chi connectivity index (χ1v) is 8.97. The molecule has 2 aliphatic rings. The SMILES string of the molecule is COc1ccc(S(=O)(=O)NCC2COC3(CCCC3)O2)cc1. The van der Waals surface area contributed by atoms with Gasteiger partial charge in [0, 0.05) is 19.4 Å². The summed E-state index contributed by atoms with van der Waals surface area (Å²) in [4.78, 5) is 0.211. The van der Waals surface area contributed by atoms with Gasteiger partial charge >= 0.3 is 0 Å². The van der Waals surface area contributed by atoms with E-state index in [9.17, 15) is 8.42 Å². The first-order valence-electron chi connectivity index (χ1n) is 7.49. The van der Waals surface area contributed by atoms with Gasteiger partial charge in [0.15, 0.2) is 5.79 Å². The maximum absolute atomic E-state index is 12.3. The lowest BCUT2D eigenvalue weighted by atomic mass is 10.2. The van der Waals surface area contributed by atoms with Crippen molar-refractivity contribution < 1.29 is 22.6 Å². The summed E-state index contributed by atoms with van der Waals surface area (Å²) >= 11 is 0. The van der Waals surface area contributed by atoms with Gasteiger partial charge < -0.3 is 14.2 Å². The van der Waals surface area contributed by atoms with Crippen LogP contribution in [0.3, 0.4) is 0 Å². The largest absolute Gasteiger partial charge is 0.497 e. The van der Waals surface area contributed by atoms with E-state index in [1.54, 1.807) is 12.1 Å². The molecule has 1 unspecified atom stereocenters. The second-order valence-electron chi connectivity index (χ2n) is 5.70. The van der Waals surface area contributed by atoms with Crippen molar-refractivity contribution in [1.82, 2.24) is 4.72 Å². The Bertz CT molecular complexity index is 607. The van der Waals surface area contributed by atoms with Crippen molar-refractivity contribution in [3.63, 3.8) is 0 Å². The van der Waals surface area contributed by atoms with Gasteiger partial charge in [-0.3, -0.25) is 0 Å². The van der Waals surface area contributed by atoms with E-state index in [0.29, 0.717) is 12.4 Å². The van der Waals surface area contributed by atoms with Crippen LogP contribution in [0.15, 0.2) is 29.2 Å². The average molecular weight is 327 g/mol. The molecule has 7 heteroatoms. The van der Waals surface area contributed by atoms with Crippen LogP contribution in [0.4, 0.5) is 0 Å². The van der Waals surface area contributed by atoms with Gasteiger partial charge in [-0.15, -0.1) is 0 Å². The number of methoxy groups -OCH3 is 1. The first-order chi connectivity index (χ1) is 10.5. The zero-order chi connectivity index (χ0) is 15.6. The molecule has 0 radical (unpaired) electrons. The van der Waals surface area contributed by atoms with Crippen LogP contribution in [-0.2, 0) is 19.5 Å². The van der Waals surface area contributed by atoms with Crippen LogP contribution in [0, 0.1) is 0 Å². The molecular formula is C15H21NO5S. The fraction of sp³-hybridized carbons (Fsp3) is 0.600. The molecule has 0 amide bonds. The number of rotatable bonds is 5. The monoisotopic (exact) mass is 327 g/mol. The van der Waals surface area contributed by atoms with Crippen molar-refractivity contribution in [2.45, 2.75) is 42.5 Å². The molecule has 1 spiro atoms. The number of ether oxygens (including phenoxy) is 3. The zero-order valence-electron chi connectivity index (χ0n) is 12.6. The van der Waals surface area contributed by atoms with Crippen LogP contribution in [0.5, 0.6) is 5.75 Å². The maximum Gasteiger partial charge on any atom is 0.240 e. The molecule has 3 rings (SSSR count). The van der Waals surface area contributed by atoms with E-state index in [-0.39, 0.29) is 17.5 Å². The minimum Gasteiger partial charge on any atom is -0.497 e. The summed E-state index contributed by atoms with van der Waals surface area (Å²) in [5.41, 5.74) is 0. The van der Waals surface area contributed by atoms with E-state index in [1.165, 1.54) is 19.2 Å². The Morgan fingerprint density at radius 1 is 1.27 bits per heavy atom. The second kappa shape index (κ2) is 6.16. The minimum atomic E-state index is -3.55. The molecule has 1 aromatic carbocycles. The standard InChI is InChI=1S/C15H21NO5S/c1-19-12-4-6-14(7-5-12)22(17,18)16-10-13-11-20-15(21-13)8-2-3-9-15/h4-7,13,16H,2-3,8-11H2,1H3. The van der Waals surface area contributed by atoms with E-state index in [2.05, 4.69) is 4.72 Å². The smallest absolute Gasteiger partial charge is 0.240 e. The summed E-state index contributed by atoms with van der Waals surface area (Å²) in [6.45, 7) is 0.654.